The van der Waals surface area contributed by atoms with Crippen molar-refractivity contribution in [2.24, 2.45) is 0 Å². The number of nitrogens with zero attached hydrogens (tertiary/aromatic N) is 3. The minimum Gasteiger partial charge on any atom is -0.377 e. The third-order valence-electron chi connectivity index (χ3n) is 5.21. The second-order valence-electron chi connectivity index (χ2n) is 7.28. The fraction of sp³-hybridized carbons (Fsp3) is 0.350. The van der Waals surface area contributed by atoms with Gasteiger partial charge in [-0.3, -0.25) is 14.9 Å². The van der Waals surface area contributed by atoms with Crippen LogP contribution in [0.1, 0.15) is 23.2 Å². The zero-order chi connectivity index (χ0) is 20.5. The SMILES string of the molecule is O=C(c1ccc(Cl)cc1Cl)N1CCN(c2ccc([N+](=O)[O-])c(NC3CC3)c2)CC1. The van der Waals surface area contributed by atoms with E-state index in [1.807, 2.05) is 6.07 Å². The van der Waals surface area contributed by atoms with Crippen LogP contribution in [0.3, 0.4) is 0 Å². The van der Waals surface area contributed by atoms with Gasteiger partial charge in [0.1, 0.15) is 5.69 Å². The summed E-state index contributed by atoms with van der Waals surface area (Å²) in [6.45, 7) is 2.36. The Labute approximate surface area is 178 Å². The number of hydrogen-bond donors (Lipinski definition) is 1. The summed E-state index contributed by atoms with van der Waals surface area (Å²) >= 11 is 12.1. The maximum absolute atomic E-state index is 12.8. The third-order valence-corrected chi connectivity index (χ3v) is 5.76. The lowest BCUT2D eigenvalue weighted by Crippen LogP contribution is -2.48. The van der Waals surface area contributed by atoms with Crippen LogP contribution in [0.25, 0.3) is 0 Å². The number of halogens is 2. The number of rotatable bonds is 5. The number of anilines is 2. The number of nitrogens with one attached hydrogen (secondary N) is 1. The van der Waals surface area contributed by atoms with E-state index >= 15 is 0 Å². The van der Waals surface area contributed by atoms with Gasteiger partial charge in [-0.05, 0) is 43.2 Å². The molecule has 0 spiro atoms. The summed E-state index contributed by atoms with van der Waals surface area (Å²) < 4.78 is 0. The van der Waals surface area contributed by atoms with Crippen molar-refractivity contribution in [2.75, 3.05) is 36.4 Å². The Hall–Kier alpha value is -2.51. The van der Waals surface area contributed by atoms with E-state index < -0.39 is 0 Å². The van der Waals surface area contributed by atoms with Crippen molar-refractivity contribution in [2.45, 2.75) is 18.9 Å². The monoisotopic (exact) mass is 434 g/mol. The highest BCUT2D eigenvalue weighted by molar-refractivity contribution is 6.36. The maximum atomic E-state index is 12.8. The summed E-state index contributed by atoms with van der Waals surface area (Å²) in [4.78, 5) is 27.6. The summed E-state index contributed by atoms with van der Waals surface area (Å²) in [7, 11) is 0. The molecule has 1 amide bonds. The first-order chi connectivity index (χ1) is 13.9. The van der Waals surface area contributed by atoms with Crippen molar-refractivity contribution in [3.63, 3.8) is 0 Å². The van der Waals surface area contributed by atoms with Gasteiger partial charge in [-0.15, -0.1) is 0 Å². The van der Waals surface area contributed by atoms with Crippen LogP contribution in [0.5, 0.6) is 0 Å². The van der Waals surface area contributed by atoms with Crippen molar-refractivity contribution in [3.8, 4) is 0 Å². The zero-order valence-electron chi connectivity index (χ0n) is 15.6. The second-order valence-corrected chi connectivity index (χ2v) is 8.12. The topological polar surface area (TPSA) is 78.7 Å². The van der Waals surface area contributed by atoms with Crippen LogP contribution in [0.15, 0.2) is 36.4 Å². The van der Waals surface area contributed by atoms with E-state index in [2.05, 4.69) is 10.2 Å². The molecule has 2 aromatic rings. The maximum Gasteiger partial charge on any atom is 0.292 e. The summed E-state index contributed by atoms with van der Waals surface area (Å²) in [5.41, 5.74) is 2.00. The minimum absolute atomic E-state index is 0.0897. The van der Waals surface area contributed by atoms with E-state index in [0.717, 1.165) is 18.5 Å². The normalized spacial score (nSPS) is 16.6. The van der Waals surface area contributed by atoms with E-state index in [1.54, 1.807) is 35.2 Å². The fourth-order valence-electron chi connectivity index (χ4n) is 3.44. The van der Waals surface area contributed by atoms with Crippen LogP contribution in [0.2, 0.25) is 10.0 Å². The first-order valence-electron chi connectivity index (χ1n) is 9.46. The average Bonchev–Trinajstić information content (AvgIpc) is 3.51. The molecule has 4 rings (SSSR count). The molecule has 1 aliphatic carbocycles. The van der Waals surface area contributed by atoms with Crippen LogP contribution in [0, 0.1) is 10.1 Å². The summed E-state index contributed by atoms with van der Waals surface area (Å²) in [5.74, 6) is -0.119. The zero-order valence-corrected chi connectivity index (χ0v) is 17.1. The van der Waals surface area contributed by atoms with Crippen LogP contribution >= 0.6 is 23.2 Å². The van der Waals surface area contributed by atoms with Crippen LogP contribution < -0.4 is 10.2 Å². The lowest BCUT2D eigenvalue weighted by Gasteiger charge is -2.36. The van der Waals surface area contributed by atoms with Crippen molar-refractivity contribution >= 4 is 46.2 Å². The Morgan fingerprint density at radius 1 is 1.07 bits per heavy atom. The van der Waals surface area contributed by atoms with Gasteiger partial charge >= 0.3 is 0 Å². The summed E-state index contributed by atoms with van der Waals surface area (Å²) in [6.07, 6.45) is 2.07. The molecule has 9 heteroatoms. The van der Waals surface area contributed by atoms with Gasteiger partial charge in [-0.2, -0.15) is 0 Å². The average molecular weight is 435 g/mol. The van der Waals surface area contributed by atoms with E-state index in [4.69, 9.17) is 23.2 Å². The number of nitro benzene ring substituents is 1. The highest BCUT2D eigenvalue weighted by atomic mass is 35.5. The smallest absolute Gasteiger partial charge is 0.292 e. The Morgan fingerprint density at radius 3 is 2.41 bits per heavy atom. The minimum atomic E-state index is -0.360. The largest absolute Gasteiger partial charge is 0.377 e. The number of benzene rings is 2. The van der Waals surface area contributed by atoms with Gasteiger partial charge in [0, 0.05) is 49.0 Å². The number of hydrogen-bond acceptors (Lipinski definition) is 5. The van der Waals surface area contributed by atoms with Crippen molar-refractivity contribution < 1.29 is 9.72 Å². The molecule has 1 aliphatic heterocycles. The number of nitro groups is 1. The fourth-order valence-corrected chi connectivity index (χ4v) is 3.93. The molecule has 1 N–H and O–H groups in total. The summed E-state index contributed by atoms with van der Waals surface area (Å²) in [5, 5.41) is 15.4. The molecule has 2 aromatic carbocycles. The molecular weight excluding hydrogens is 415 g/mol. The van der Waals surface area contributed by atoms with E-state index in [1.165, 1.54) is 0 Å². The predicted octanol–water partition coefficient (Wildman–Crippen LogP) is 4.44. The quantitative estimate of drug-likeness (QED) is 0.555. The molecule has 1 heterocycles. The molecule has 2 aliphatic rings. The molecule has 1 saturated heterocycles. The van der Waals surface area contributed by atoms with Gasteiger partial charge in [-0.1, -0.05) is 23.2 Å². The number of amides is 1. The molecule has 0 radical (unpaired) electrons. The van der Waals surface area contributed by atoms with Gasteiger partial charge < -0.3 is 15.1 Å². The first kappa shape index (κ1) is 19.8. The van der Waals surface area contributed by atoms with Gasteiger partial charge in [0.15, 0.2) is 0 Å². The number of carbonyl (C=O) groups excluding carboxylic acids is 1. The Balaban J connectivity index is 1.45. The van der Waals surface area contributed by atoms with E-state index in [-0.39, 0.29) is 16.5 Å². The van der Waals surface area contributed by atoms with Crippen LogP contribution in [0.4, 0.5) is 17.1 Å². The molecule has 0 atom stereocenters. The Morgan fingerprint density at radius 2 is 1.79 bits per heavy atom. The predicted molar refractivity (Wildman–Crippen MR) is 114 cm³/mol. The Kier molecular flexibility index (Phi) is 5.52. The highest BCUT2D eigenvalue weighted by Crippen LogP contribution is 2.34. The molecule has 0 unspecified atom stereocenters. The van der Waals surface area contributed by atoms with Gasteiger partial charge in [0.2, 0.25) is 0 Å². The lowest BCUT2D eigenvalue weighted by molar-refractivity contribution is -0.384. The van der Waals surface area contributed by atoms with Crippen molar-refractivity contribution in [1.82, 2.24) is 4.90 Å². The van der Waals surface area contributed by atoms with Crippen LogP contribution in [-0.2, 0) is 0 Å². The molecule has 29 heavy (non-hydrogen) atoms. The highest BCUT2D eigenvalue weighted by Gasteiger charge is 2.27. The van der Waals surface area contributed by atoms with E-state index in [0.29, 0.717) is 53.5 Å². The van der Waals surface area contributed by atoms with Gasteiger partial charge in [-0.25, -0.2) is 0 Å². The van der Waals surface area contributed by atoms with E-state index in [9.17, 15) is 14.9 Å². The Bertz CT molecular complexity index is 957. The van der Waals surface area contributed by atoms with Gasteiger partial charge in [0.25, 0.3) is 11.6 Å². The van der Waals surface area contributed by atoms with Gasteiger partial charge in [0.05, 0.1) is 15.5 Å². The van der Waals surface area contributed by atoms with Crippen LogP contribution in [-0.4, -0.2) is 48.0 Å². The standard InChI is InChI=1S/C20H20Cl2N4O3/c21-13-1-5-16(17(22)11-13)20(27)25-9-7-24(8-10-25)15-4-6-19(26(28)29)18(12-15)23-14-2-3-14/h1,4-6,11-12,14,23H,2-3,7-10H2. The second kappa shape index (κ2) is 8.08. The lowest BCUT2D eigenvalue weighted by atomic mass is 10.1. The molecule has 0 bridgehead atoms. The molecule has 7 nitrogen and oxygen atoms in total. The first-order valence-corrected chi connectivity index (χ1v) is 10.2. The summed E-state index contributed by atoms with van der Waals surface area (Å²) in [6, 6.07) is 10.3. The molecule has 2 fully saturated rings. The third kappa shape index (κ3) is 4.41. The molecule has 1 saturated carbocycles. The van der Waals surface area contributed by atoms with Crippen molar-refractivity contribution in [1.29, 1.82) is 0 Å². The molecule has 0 aromatic heterocycles. The number of piperazine rings is 1. The number of carbonyl (C=O) groups is 1. The molecular formula is C20H20Cl2N4O3. The van der Waals surface area contributed by atoms with Crippen molar-refractivity contribution in [3.05, 3.63) is 62.1 Å². The molecule has 152 valence electrons.